The van der Waals surface area contributed by atoms with Crippen LogP contribution in [0, 0.1) is 0 Å². The molecule has 1 amide bonds. The lowest BCUT2D eigenvalue weighted by molar-refractivity contribution is 0.0827. The van der Waals surface area contributed by atoms with E-state index in [1.165, 1.54) is 0 Å². The van der Waals surface area contributed by atoms with Crippen LogP contribution in [0.1, 0.15) is 28.6 Å². The summed E-state index contributed by atoms with van der Waals surface area (Å²) in [6.07, 6.45) is 1.65. The van der Waals surface area contributed by atoms with E-state index < -0.39 is 0 Å². The van der Waals surface area contributed by atoms with Crippen molar-refractivity contribution < 1.29 is 9.21 Å². The standard InChI is InChI=1S/C18H24N4O2.HI/c1-4-19-18(21-13-16-6-5-11-24-16)20-12-14-7-9-15(10-8-14)17(23)22(2)3;/h5-11H,4,12-13H2,1-3H3,(H2,19,20,21);1H. The number of rotatable bonds is 6. The Kier molecular flexibility index (Phi) is 9.04. The number of benzene rings is 1. The largest absolute Gasteiger partial charge is 0.467 e. The molecule has 2 N–H and O–H groups in total. The van der Waals surface area contributed by atoms with Gasteiger partial charge in [-0.25, -0.2) is 4.99 Å². The van der Waals surface area contributed by atoms with Crippen LogP contribution in [0.15, 0.2) is 52.1 Å². The van der Waals surface area contributed by atoms with E-state index in [-0.39, 0.29) is 29.9 Å². The second-order valence-corrected chi connectivity index (χ2v) is 5.52. The van der Waals surface area contributed by atoms with Gasteiger partial charge in [-0.2, -0.15) is 0 Å². The molecule has 1 heterocycles. The highest BCUT2D eigenvalue weighted by Gasteiger charge is 2.07. The maximum atomic E-state index is 11.9. The highest BCUT2D eigenvalue weighted by atomic mass is 127. The fourth-order valence-corrected chi connectivity index (χ4v) is 2.11. The van der Waals surface area contributed by atoms with Gasteiger partial charge in [0.25, 0.3) is 5.91 Å². The molecule has 136 valence electrons. The first kappa shape index (κ1) is 21.0. The molecule has 0 aliphatic rings. The molecule has 0 radical (unpaired) electrons. The second-order valence-electron chi connectivity index (χ2n) is 5.52. The van der Waals surface area contributed by atoms with Crippen LogP contribution in [0.2, 0.25) is 0 Å². The van der Waals surface area contributed by atoms with Gasteiger partial charge in [-0.15, -0.1) is 24.0 Å². The van der Waals surface area contributed by atoms with E-state index in [2.05, 4.69) is 15.6 Å². The van der Waals surface area contributed by atoms with Crippen molar-refractivity contribution in [3.8, 4) is 0 Å². The molecule has 0 saturated heterocycles. The first-order valence-corrected chi connectivity index (χ1v) is 7.95. The lowest BCUT2D eigenvalue weighted by Crippen LogP contribution is -2.36. The third-order valence-electron chi connectivity index (χ3n) is 3.38. The molecule has 0 aliphatic carbocycles. The number of hydrogen-bond acceptors (Lipinski definition) is 3. The Bertz CT molecular complexity index is 667. The number of aliphatic imine (C=N–C) groups is 1. The van der Waals surface area contributed by atoms with Crippen molar-refractivity contribution in [2.45, 2.75) is 20.0 Å². The molecular formula is C18H25IN4O2. The van der Waals surface area contributed by atoms with E-state index in [0.29, 0.717) is 18.7 Å². The van der Waals surface area contributed by atoms with Crippen molar-refractivity contribution in [1.82, 2.24) is 15.5 Å². The maximum Gasteiger partial charge on any atom is 0.253 e. The average molecular weight is 456 g/mol. The summed E-state index contributed by atoms with van der Waals surface area (Å²) in [5.41, 5.74) is 1.72. The second kappa shape index (κ2) is 10.8. The van der Waals surface area contributed by atoms with Crippen LogP contribution in [0.5, 0.6) is 0 Å². The van der Waals surface area contributed by atoms with Gasteiger partial charge in [0.1, 0.15) is 5.76 Å². The first-order chi connectivity index (χ1) is 11.6. The summed E-state index contributed by atoms with van der Waals surface area (Å²) in [5.74, 6) is 1.58. The molecule has 1 aromatic heterocycles. The molecule has 0 saturated carbocycles. The molecule has 0 aliphatic heterocycles. The Morgan fingerprint density at radius 1 is 1.16 bits per heavy atom. The Balaban J connectivity index is 0.00000312. The van der Waals surface area contributed by atoms with Gasteiger partial charge in [0.2, 0.25) is 0 Å². The van der Waals surface area contributed by atoms with Crippen molar-refractivity contribution >= 4 is 35.8 Å². The van der Waals surface area contributed by atoms with Crippen LogP contribution in [-0.2, 0) is 13.1 Å². The van der Waals surface area contributed by atoms with E-state index in [1.54, 1.807) is 25.3 Å². The molecule has 0 unspecified atom stereocenters. The minimum absolute atomic E-state index is 0. The average Bonchev–Trinajstić information content (AvgIpc) is 3.10. The monoisotopic (exact) mass is 456 g/mol. The summed E-state index contributed by atoms with van der Waals surface area (Å²) in [5, 5.41) is 6.42. The lowest BCUT2D eigenvalue weighted by Gasteiger charge is -2.11. The summed E-state index contributed by atoms with van der Waals surface area (Å²) in [6.45, 7) is 3.91. The van der Waals surface area contributed by atoms with Crippen LogP contribution < -0.4 is 10.6 Å². The predicted molar refractivity (Wildman–Crippen MR) is 110 cm³/mol. The number of carbonyl (C=O) groups excluding carboxylic acids is 1. The van der Waals surface area contributed by atoms with E-state index in [1.807, 2.05) is 43.3 Å². The summed E-state index contributed by atoms with van der Waals surface area (Å²) in [4.78, 5) is 18.0. The Labute approximate surface area is 165 Å². The maximum absolute atomic E-state index is 11.9. The van der Waals surface area contributed by atoms with Crippen LogP contribution >= 0.6 is 24.0 Å². The minimum atomic E-state index is -0.00138. The van der Waals surface area contributed by atoms with Gasteiger partial charge in [-0.3, -0.25) is 4.79 Å². The third kappa shape index (κ3) is 6.77. The molecule has 1 aromatic carbocycles. The highest BCUT2D eigenvalue weighted by molar-refractivity contribution is 14.0. The number of hydrogen-bond donors (Lipinski definition) is 2. The highest BCUT2D eigenvalue weighted by Crippen LogP contribution is 2.07. The van der Waals surface area contributed by atoms with Crippen molar-refractivity contribution in [3.05, 3.63) is 59.5 Å². The smallest absolute Gasteiger partial charge is 0.253 e. The molecule has 2 rings (SSSR count). The van der Waals surface area contributed by atoms with Crippen molar-refractivity contribution in [2.24, 2.45) is 4.99 Å². The zero-order valence-electron chi connectivity index (χ0n) is 14.8. The van der Waals surface area contributed by atoms with Crippen molar-refractivity contribution in [3.63, 3.8) is 0 Å². The summed E-state index contributed by atoms with van der Waals surface area (Å²) in [6, 6.07) is 11.3. The number of amides is 1. The van der Waals surface area contributed by atoms with Gasteiger partial charge in [0, 0.05) is 26.2 Å². The number of guanidine groups is 1. The van der Waals surface area contributed by atoms with E-state index in [9.17, 15) is 4.79 Å². The molecule has 7 heteroatoms. The lowest BCUT2D eigenvalue weighted by atomic mass is 10.1. The Morgan fingerprint density at radius 2 is 1.88 bits per heavy atom. The van der Waals surface area contributed by atoms with Gasteiger partial charge >= 0.3 is 0 Å². The Hall–Kier alpha value is -2.03. The molecule has 0 spiro atoms. The molecule has 6 nitrogen and oxygen atoms in total. The number of furan rings is 1. The van der Waals surface area contributed by atoms with Crippen LogP contribution in [-0.4, -0.2) is 37.4 Å². The van der Waals surface area contributed by atoms with Gasteiger partial charge in [-0.1, -0.05) is 12.1 Å². The zero-order chi connectivity index (χ0) is 17.4. The number of nitrogens with one attached hydrogen (secondary N) is 2. The van der Waals surface area contributed by atoms with Gasteiger partial charge in [0.15, 0.2) is 5.96 Å². The summed E-state index contributed by atoms with van der Waals surface area (Å²) in [7, 11) is 3.49. The van der Waals surface area contributed by atoms with E-state index >= 15 is 0 Å². The number of nitrogens with zero attached hydrogens (tertiary/aromatic N) is 2. The normalized spacial score (nSPS) is 10.8. The predicted octanol–water partition coefficient (Wildman–Crippen LogP) is 2.85. The van der Waals surface area contributed by atoms with Gasteiger partial charge < -0.3 is 20.0 Å². The quantitative estimate of drug-likeness (QED) is 0.399. The van der Waals surface area contributed by atoms with Crippen LogP contribution in [0.25, 0.3) is 0 Å². The zero-order valence-corrected chi connectivity index (χ0v) is 17.1. The molecule has 25 heavy (non-hydrogen) atoms. The van der Waals surface area contributed by atoms with Crippen LogP contribution in [0.3, 0.4) is 0 Å². The van der Waals surface area contributed by atoms with Crippen LogP contribution in [0.4, 0.5) is 0 Å². The summed E-state index contributed by atoms with van der Waals surface area (Å²) >= 11 is 0. The van der Waals surface area contributed by atoms with Crippen molar-refractivity contribution in [1.29, 1.82) is 0 Å². The first-order valence-electron chi connectivity index (χ1n) is 7.95. The van der Waals surface area contributed by atoms with E-state index in [4.69, 9.17) is 4.42 Å². The van der Waals surface area contributed by atoms with Crippen molar-refractivity contribution in [2.75, 3.05) is 20.6 Å². The minimum Gasteiger partial charge on any atom is -0.467 e. The topological polar surface area (TPSA) is 69.9 Å². The number of halogens is 1. The SMILES string of the molecule is CCNC(=NCc1ccc(C(=O)N(C)C)cc1)NCc1ccco1.I. The fraction of sp³-hybridized carbons (Fsp3) is 0.333. The molecule has 0 bridgehead atoms. The van der Waals surface area contributed by atoms with E-state index in [0.717, 1.165) is 23.8 Å². The van der Waals surface area contributed by atoms with Gasteiger partial charge in [0.05, 0.1) is 19.4 Å². The summed E-state index contributed by atoms with van der Waals surface area (Å²) < 4.78 is 5.30. The third-order valence-corrected chi connectivity index (χ3v) is 3.38. The molecule has 0 fully saturated rings. The fourth-order valence-electron chi connectivity index (χ4n) is 2.11. The molecule has 2 aromatic rings. The Morgan fingerprint density at radius 3 is 2.44 bits per heavy atom. The van der Waals surface area contributed by atoms with Gasteiger partial charge in [-0.05, 0) is 36.8 Å². The molecular weight excluding hydrogens is 431 g/mol. The molecule has 0 atom stereocenters. The number of carbonyl (C=O) groups is 1.